The fourth-order valence-electron chi connectivity index (χ4n) is 3.32. The maximum atomic E-state index is 12.6. The molecule has 3 aromatic rings. The SMILES string of the molecule is Cc1cc(C)c(NC(=O)COC(=O)c2ccccc2NC(=O)c2ccccc2)c(C)c1. The van der Waals surface area contributed by atoms with Crippen LogP contribution in [0.15, 0.2) is 66.7 Å². The Bertz CT molecular complexity index is 1100. The number of hydrogen-bond acceptors (Lipinski definition) is 4. The van der Waals surface area contributed by atoms with Crippen molar-refractivity contribution in [3.8, 4) is 0 Å². The van der Waals surface area contributed by atoms with E-state index in [9.17, 15) is 14.4 Å². The second-order valence-corrected chi connectivity index (χ2v) is 7.26. The van der Waals surface area contributed by atoms with E-state index in [0.717, 1.165) is 16.7 Å². The zero-order valence-corrected chi connectivity index (χ0v) is 17.7. The van der Waals surface area contributed by atoms with E-state index < -0.39 is 18.5 Å². The number of aryl methyl sites for hydroxylation is 3. The zero-order chi connectivity index (χ0) is 22.4. The van der Waals surface area contributed by atoms with Gasteiger partial charge in [-0.05, 0) is 56.2 Å². The average molecular weight is 416 g/mol. The first-order valence-corrected chi connectivity index (χ1v) is 9.85. The number of benzene rings is 3. The van der Waals surface area contributed by atoms with Crippen LogP contribution in [0.5, 0.6) is 0 Å². The number of rotatable bonds is 6. The Hall–Kier alpha value is -3.93. The van der Waals surface area contributed by atoms with Gasteiger partial charge in [-0.25, -0.2) is 4.79 Å². The van der Waals surface area contributed by atoms with Crippen LogP contribution < -0.4 is 10.6 Å². The normalized spacial score (nSPS) is 10.3. The van der Waals surface area contributed by atoms with Gasteiger partial charge in [-0.3, -0.25) is 9.59 Å². The van der Waals surface area contributed by atoms with Gasteiger partial charge in [-0.2, -0.15) is 0 Å². The molecule has 0 fully saturated rings. The Morgan fingerprint density at radius 1 is 0.806 bits per heavy atom. The molecule has 0 bridgehead atoms. The number of para-hydroxylation sites is 1. The first-order valence-electron chi connectivity index (χ1n) is 9.85. The van der Waals surface area contributed by atoms with Gasteiger partial charge in [0.05, 0.1) is 11.3 Å². The van der Waals surface area contributed by atoms with Gasteiger partial charge in [0.2, 0.25) is 0 Å². The predicted octanol–water partition coefficient (Wildman–Crippen LogP) is 4.66. The lowest BCUT2D eigenvalue weighted by atomic mass is 10.1. The molecular formula is C25H24N2O4. The van der Waals surface area contributed by atoms with Crippen LogP contribution in [-0.4, -0.2) is 24.4 Å². The number of esters is 1. The Labute approximate surface area is 181 Å². The molecule has 31 heavy (non-hydrogen) atoms. The van der Waals surface area contributed by atoms with Gasteiger partial charge in [0.1, 0.15) is 0 Å². The molecule has 2 amide bonds. The van der Waals surface area contributed by atoms with Crippen LogP contribution in [-0.2, 0) is 9.53 Å². The highest BCUT2D eigenvalue weighted by molar-refractivity contribution is 6.08. The molecule has 0 atom stereocenters. The molecule has 0 heterocycles. The summed E-state index contributed by atoms with van der Waals surface area (Å²) in [7, 11) is 0. The summed E-state index contributed by atoms with van der Waals surface area (Å²) in [5.74, 6) is -1.48. The Kier molecular flexibility index (Phi) is 6.82. The number of anilines is 2. The molecule has 0 aromatic heterocycles. The molecule has 2 N–H and O–H groups in total. The van der Waals surface area contributed by atoms with Gasteiger partial charge in [0, 0.05) is 11.3 Å². The molecule has 0 unspecified atom stereocenters. The van der Waals surface area contributed by atoms with E-state index in [1.807, 2.05) is 39.0 Å². The van der Waals surface area contributed by atoms with E-state index in [0.29, 0.717) is 16.9 Å². The van der Waals surface area contributed by atoms with Crippen molar-refractivity contribution in [3.63, 3.8) is 0 Å². The van der Waals surface area contributed by atoms with Crippen LogP contribution in [0.25, 0.3) is 0 Å². The van der Waals surface area contributed by atoms with Gasteiger partial charge < -0.3 is 15.4 Å². The van der Waals surface area contributed by atoms with E-state index in [1.165, 1.54) is 6.07 Å². The smallest absolute Gasteiger partial charge is 0.340 e. The van der Waals surface area contributed by atoms with Crippen LogP contribution >= 0.6 is 0 Å². The minimum Gasteiger partial charge on any atom is -0.452 e. The van der Waals surface area contributed by atoms with Crippen molar-refractivity contribution in [2.24, 2.45) is 0 Å². The quantitative estimate of drug-likeness (QED) is 0.573. The lowest BCUT2D eigenvalue weighted by molar-refractivity contribution is -0.119. The number of carbonyl (C=O) groups is 3. The maximum absolute atomic E-state index is 12.6. The minimum absolute atomic E-state index is 0.169. The molecule has 3 rings (SSSR count). The van der Waals surface area contributed by atoms with Crippen molar-refractivity contribution in [1.82, 2.24) is 0 Å². The van der Waals surface area contributed by atoms with Gasteiger partial charge in [0.15, 0.2) is 6.61 Å². The number of hydrogen-bond donors (Lipinski definition) is 2. The lowest BCUT2D eigenvalue weighted by Gasteiger charge is -2.14. The standard InChI is InChI=1S/C25H24N2O4/c1-16-13-17(2)23(18(3)14-16)27-22(28)15-31-25(30)20-11-7-8-12-21(20)26-24(29)19-9-5-4-6-10-19/h4-14H,15H2,1-3H3,(H,26,29)(H,27,28). The van der Waals surface area contributed by atoms with Gasteiger partial charge in [-0.1, -0.05) is 48.0 Å². The molecular weight excluding hydrogens is 392 g/mol. The highest BCUT2D eigenvalue weighted by Gasteiger charge is 2.17. The van der Waals surface area contributed by atoms with E-state index in [-0.39, 0.29) is 11.5 Å². The monoisotopic (exact) mass is 416 g/mol. The largest absolute Gasteiger partial charge is 0.452 e. The van der Waals surface area contributed by atoms with Crippen LogP contribution in [0.4, 0.5) is 11.4 Å². The van der Waals surface area contributed by atoms with Crippen molar-refractivity contribution < 1.29 is 19.1 Å². The number of nitrogens with one attached hydrogen (secondary N) is 2. The second-order valence-electron chi connectivity index (χ2n) is 7.26. The van der Waals surface area contributed by atoms with Gasteiger partial charge in [-0.15, -0.1) is 0 Å². The number of ether oxygens (including phenoxy) is 1. The molecule has 158 valence electrons. The van der Waals surface area contributed by atoms with Crippen LogP contribution in [0.1, 0.15) is 37.4 Å². The topological polar surface area (TPSA) is 84.5 Å². The molecule has 0 saturated heterocycles. The summed E-state index contributed by atoms with van der Waals surface area (Å²) in [6.07, 6.45) is 0. The lowest BCUT2D eigenvalue weighted by Crippen LogP contribution is -2.22. The van der Waals surface area contributed by atoms with Crippen molar-refractivity contribution >= 4 is 29.2 Å². The van der Waals surface area contributed by atoms with Crippen LogP contribution in [0.2, 0.25) is 0 Å². The Morgan fingerprint density at radius 2 is 1.42 bits per heavy atom. The van der Waals surface area contributed by atoms with Crippen LogP contribution in [0.3, 0.4) is 0 Å². The molecule has 0 aliphatic heterocycles. The van der Waals surface area contributed by atoms with Gasteiger partial charge in [0.25, 0.3) is 11.8 Å². The molecule has 6 nitrogen and oxygen atoms in total. The highest BCUT2D eigenvalue weighted by atomic mass is 16.5. The van der Waals surface area contributed by atoms with Crippen molar-refractivity contribution in [1.29, 1.82) is 0 Å². The highest BCUT2D eigenvalue weighted by Crippen LogP contribution is 2.22. The summed E-state index contributed by atoms with van der Waals surface area (Å²) >= 11 is 0. The first kappa shape index (κ1) is 21.8. The Morgan fingerprint density at radius 3 is 2.10 bits per heavy atom. The van der Waals surface area contributed by atoms with E-state index in [2.05, 4.69) is 10.6 Å². The Balaban J connectivity index is 1.65. The second kappa shape index (κ2) is 9.71. The van der Waals surface area contributed by atoms with Crippen molar-refractivity contribution in [2.45, 2.75) is 20.8 Å². The molecule has 0 radical (unpaired) electrons. The molecule has 0 spiro atoms. The summed E-state index contributed by atoms with van der Waals surface area (Å²) in [6.45, 7) is 5.37. The summed E-state index contributed by atoms with van der Waals surface area (Å²) < 4.78 is 5.19. The number of amides is 2. The van der Waals surface area contributed by atoms with E-state index in [4.69, 9.17) is 4.74 Å². The van der Waals surface area contributed by atoms with Crippen molar-refractivity contribution in [2.75, 3.05) is 17.2 Å². The summed E-state index contributed by atoms with van der Waals surface area (Å²) in [5, 5.41) is 5.51. The summed E-state index contributed by atoms with van der Waals surface area (Å²) in [6, 6.07) is 19.1. The molecule has 0 aliphatic rings. The third-order valence-corrected chi connectivity index (χ3v) is 4.71. The fraction of sp³-hybridized carbons (Fsp3) is 0.160. The molecule has 0 aliphatic carbocycles. The average Bonchev–Trinajstić information content (AvgIpc) is 2.75. The number of carbonyl (C=O) groups excluding carboxylic acids is 3. The van der Waals surface area contributed by atoms with Crippen LogP contribution in [0, 0.1) is 20.8 Å². The van der Waals surface area contributed by atoms with Gasteiger partial charge >= 0.3 is 5.97 Å². The summed E-state index contributed by atoms with van der Waals surface area (Å²) in [4.78, 5) is 37.3. The fourth-order valence-corrected chi connectivity index (χ4v) is 3.32. The third kappa shape index (κ3) is 5.57. The molecule has 6 heteroatoms. The summed E-state index contributed by atoms with van der Waals surface area (Å²) in [5.41, 5.74) is 4.64. The third-order valence-electron chi connectivity index (χ3n) is 4.71. The minimum atomic E-state index is -0.698. The maximum Gasteiger partial charge on any atom is 0.340 e. The molecule has 3 aromatic carbocycles. The van der Waals surface area contributed by atoms with Crippen molar-refractivity contribution in [3.05, 3.63) is 94.5 Å². The predicted molar refractivity (Wildman–Crippen MR) is 120 cm³/mol. The van der Waals surface area contributed by atoms with E-state index in [1.54, 1.807) is 42.5 Å². The van der Waals surface area contributed by atoms with E-state index >= 15 is 0 Å². The zero-order valence-electron chi connectivity index (χ0n) is 17.7. The molecule has 0 saturated carbocycles. The first-order chi connectivity index (χ1) is 14.8.